The number of aliphatic imine (C=N–C) groups is 1. The second-order valence-corrected chi connectivity index (χ2v) is 5.88. The maximum Gasteiger partial charge on any atom is 0.191 e. The molecule has 1 aliphatic rings. The number of likely N-dealkylation sites (N-methyl/N-ethyl adjacent to an activating group) is 1. The first-order chi connectivity index (χ1) is 11.1. The minimum atomic E-state index is 0.196. The summed E-state index contributed by atoms with van der Waals surface area (Å²) >= 11 is 0. The van der Waals surface area contributed by atoms with Crippen molar-refractivity contribution < 1.29 is 9.47 Å². The molecule has 1 aromatic rings. The number of methoxy groups -OCH3 is 1. The van der Waals surface area contributed by atoms with E-state index < -0.39 is 0 Å². The van der Waals surface area contributed by atoms with E-state index in [2.05, 4.69) is 46.6 Å². The Balaban J connectivity index is 1.83. The monoisotopic (exact) mass is 320 g/mol. The maximum absolute atomic E-state index is 5.75. The molecule has 0 spiro atoms. The van der Waals surface area contributed by atoms with Gasteiger partial charge in [-0.05, 0) is 25.6 Å². The average molecular weight is 320 g/mol. The molecule has 2 rings (SSSR count). The van der Waals surface area contributed by atoms with Crippen molar-refractivity contribution in [3.8, 4) is 5.75 Å². The molecule has 2 N–H and O–H groups in total. The first-order valence-electron chi connectivity index (χ1n) is 8.00. The molecule has 1 unspecified atom stereocenters. The van der Waals surface area contributed by atoms with Gasteiger partial charge < -0.3 is 25.0 Å². The summed E-state index contributed by atoms with van der Waals surface area (Å²) in [5.41, 5.74) is 2.29. The third-order valence-electron chi connectivity index (χ3n) is 3.95. The Labute approximate surface area is 138 Å². The molecule has 0 saturated carbocycles. The zero-order valence-electron chi connectivity index (χ0n) is 14.6. The quantitative estimate of drug-likeness (QED) is 0.626. The van der Waals surface area contributed by atoms with Crippen LogP contribution in [-0.4, -0.2) is 64.4 Å². The van der Waals surface area contributed by atoms with Crippen LogP contribution in [0.25, 0.3) is 0 Å². The van der Waals surface area contributed by atoms with Crippen molar-refractivity contribution in [1.29, 1.82) is 0 Å². The van der Waals surface area contributed by atoms with Gasteiger partial charge in [0, 0.05) is 38.8 Å². The van der Waals surface area contributed by atoms with E-state index >= 15 is 0 Å². The highest BCUT2D eigenvalue weighted by atomic mass is 16.5. The van der Waals surface area contributed by atoms with Gasteiger partial charge in [0.05, 0.1) is 19.8 Å². The molecule has 128 valence electrons. The van der Waals surface area contributed by atoms with Crippen molar-refractivity contribution in [2.24, 2.45) is 4.99 Å². The van der Waals surface area contributed by atoms with Gasteiger partial charge in [0.1, 0.15) is 5.75 Å². The van der Waals surface area contributed by atoms with Crippen molar-refractivity contribution in [3.63, 3.8) is 0 Å². The Morgan fingerprint density at radius 3 is 2.96 bits per heavy atom. The van der Waals surface area contributed by atoms with Crippen molar-refractivity contribution in [2.75, 3.05) is 47.4 Å². The summed E-state index contributed by atoms with van der Waals surface area (Å²) in [5, 5.41) is 6.65. The lowest BCUT2D eigenvalue weighted by Gasteiger charge is -2.30. The Hall–Kier alpha value is -1.79. The van der Waals surface area contributed by atoms with Crippen LogP contribution in [0.4, 0.5) is 0 Å². The number of hydrogen-bond donors (Lipinski definition) is 2. The van der Waals surface area contributed by atoms with E-state index in [1.165, 1.54) is 5.56 Å². The van der Waals surface area contributed by atoms with Gasteiger partial charge in [-0.1, -0.05) is 12.1 Å². The predicted octanol–water partition coefficient (Wildman–Crippen LogP) is 0.999. The number of rotatable bonds is 5. The summed E-state index contributed by atoms with van der Waals surface area (Å²) in [6, 6.07) is 6.20. The van der Waals surface area contributed by atoms with E-state index in [9.17, 15) is 0 Å². The molecule has 1 heterocycles. The Kier molecular flexibility index (Phi) is 6.67. The molecule has 23 heavy (non-hydrogen) atoms. The zero-order valence-corrected chi connectivity index (χ0v) is 14.6. The number of hydrogen-bond acceptors (Lipinski definition) is 4. The maximum atomic E-state index is 5.75. The topological polar surface area (TPSA) is 58.1 Å². The number of nitrogens with one attached hydrogen (secondary N) is 2. The van der Waals surface area contributed by atoms with Crippen LogP contribution < -0.4 is 15.4 Å². The van der Waals surface area contributed by atoms with Gasteiger partial charge in [0.25, 0.3) is 0 Å². The van der Waals surface area contributed by atoms with Gasteiger partial charge in [-0.3, -0.25) is 4.99 Å². The van der Waals surface area contributed by atoms with Crippen LogP contribution in [0.1, 0.15) is 11.1 Å². The van der Waals surface area contributed by atoms with Crippen molar-refractivity contribution >= 4 is 5.96 Å². The lowest BCUT2D eigenvalue weighted by atomic mass is 10.1. The third-order valence-corrected chi connectivity index (χ3v) is 3.95. The first kappa shape index (κ1) is 17.6. The Morgan fingerprint density at radius 1 is 1.43 bits per heavy atom. The predicted molar refractivity (Wildman–Crippen MR) is 93.2 cm³/mol. The smallest absolute Gasteiger partial charge is 0.191 e. The van der Waals surface area contributed by atoms with Crippen LogP contribution in [0, 0.1) is 6.92 Å². The number of ether oxygens (including phenoxy) is 2. The van der Waals surface area contributed by atoms with E-state index in [1.807, 2.05) is 6.07 Å². The minimum absolute atomic E-state index is 0.196. The Bertz CT molecular complexity index is 533. The van der Waals surface area contributed by atoms with E-state index in [1.54, 1.807) is 14.2 Å². The van der Waals surface area contributed by atoms with E-state index in [0.29, 0.717) is 6.54 Å². The molecule has 0 amide bonds. The molecular weight excluding hydrogens is 292 g/mol. The van der Waals surface area contributed by atoms with Gasteiger partial charge in [-0.15, -0.1) is 0 Å². The van der Waals surface area contributed by atoms with Crippen LogP contribution in [0.3, 0.4) is 0 Å². The molecule has 0 aromatic heterocycles. The minimum Gasteiger partial charge on any atom is -0.496 e. The number of aryl methyl sites for hydroxylation is 1. The van der Waals surface area contributed by atoms with Crippen LogP contribution in [0.2, 0.25) is 0 Å². The molecule has 1 atom stereocenters. The van der Waals surface area contributed by atoms with E-state index in [4.69, 9.17) is 9.47 Å². The lowest BCUT2D eigenvalue weighted by molar-refractivity contribution is -0.0161. The summed E-state index contributed by atoms with van der Waals surface area (Å²) in [5.74, 6) is 1.66. The fourth-order valence-electron chi connectivity index (χ4n) is 2.60. The molecule has 1 aliphatic heterocycles. The summed E-state index contributed by atoms with van der Waals surface area (Å²) in [6.07, 6.45) is 0.196. The number of nitrogens with zero attached hydrogens (tertiary/aromatic N) is 2. The zero-order chi connectivity index (χ0) is 16.7. The second kappa shape index (κ2) is 8.74. The highest BCUT2D eigenvalue weighted by Gasteiger charge is 2.17. The molecule has 0 aliphatic carbocycles. The normalized spacial score (nSPS) is 19.5. The van der Waals surface area contributed by atoms with Crippen LogP contribution in [-0.2, 0) is 11.3 Å². The third kappa shape index (κ3) is 5.41. The fraction of sp³-hybridized carbons (Fsp3) is 0.588. The highest BCUT2D eigenvalue weighted by molar-refractivity contribution is 5.79. The molecule has 1 saturated heterocycles. The number of guanidine groups is 1. The van der Waals surface area contributed by atoms with Gasteiger partial charge in [-0.25, -0.2) is 0 Å². The largest absolute Gasteiger partial charge is 0.496 e. The molecule has 6 heteroatoms. The fourth-order valence-corrected chi connectivity index (χ4v) is 2.60. The SMILES string of the molecule is CN=C(NCc1ccc(C)cc1OC)NCC1CN(C)CCO1. The molecule has 6 nitrogen and oxygen atoms in total. The van der Waals surface area contributed by atoms with Crippen molar-refractivity contribution in [1.82, 2.24) is 15.5 Å². The molecule has 0 radical (unpaired) electrons. The summed E-state index contributed by atoms with van der Waals surface area (Å²) < 4.78 is 11.2. The van der Waals surface area contributed by atoms with Gasteiger partial charge in [0.15, 0.2) is 5.96 Å². The lowest BCUT2D eigenvalue weighted by Crippen LogP contribution is -2.48. The molecule has 1 aromatic carbocycles. The van der Waals surface area contributed by atoms with Gasteiger partial charge in [-0.2, -0.15) is 0 Å². The number of benzene rings is 1. The summed E-state index contributed by atoms with van der Waals surface area (Å²) in [7, 11) is 5.59. The molecule has 0 bridgehead atoms. The van der Waals surface area contributed by atoms with E-state index in [-0.39, 0.29) is 6.10 Å². The van der Waals surface area contributed by atoms with E-state index in [0.717, 1.165) is 43.5 Å². The summed E-state index contributed by atoms with van der Waals surface area (Å²) in [6.45, 7) is 6.19. The van der Waals surface area contributed by atoms with Crippen LogP contribution >= 0.6 is 0 Å². The molecule has 1 fully saturated rings. The number of morpholine rings is 1. The average Bonchev–Trinajstić information content (AvgIpc) is 2.56. The van der Waals surface area contributed by atoms with Crippen LogP contribution in [0.5, 0.6) is 5.75 Å². The highest BCUT2D eigenvalue weighted by Crippen LogP contribution is 2.19. The van der Waals surface area contributed by atoms with Crippen LogP contribution in [0.15, 0.2) is 23.2 Å². The van der Waals surface area contributed by atoms with Gasteiger partial charge in [0.2, 0.25) is 0 Å². The summed E-state index contributed by atoms with van der Waals surface area (Å²) in [4.78, 5) is 6.54. The van der Waals surface area contributed by atoms with Crippen molar-refractivity contribution in [3.05, 3.63) is 29.3 Å². The molecular formula is C17H28N4O2. The van der Waals surface area contributed by atoms with Gasteiger partial charge >= 0.3 is 0 Å². The Morgan fingerprint density at radius 2 is 2.26 bits per heavy atom. The van der Waals surface area contributed by atoms with Crippen molar-refractivity contribution in [2.45, 2.75) is 19.6 Å². The second-order valence-electron chi connectivity index (χ2n) is 5.88. The first-order valence-corrected chi connectivity index (χ1v) is 8.00. The standard InChI is InChI=1S/C17H28N4O2/c1-13-5-6-14(16(9-13)22-4)10-19-17(18-2)20-11-15-12-21(3)7-8-23-15/h5-6,9,15H,7-8,10-12H2,1-4H3,(H2,18,19,20).